The molecule has 34 heavy (non-hydrogen) atoms. The van der Waals surface area contributed by atoms with Crippen molar-refractivity contribution in [2.75, 3.05) is 37.7 Å². The van der Waals surface area contributed by atoms with Gasteiger partial charge in [0.2, 0.25) is 5.91 Å². The van der Waals surface area contributed by atoms with Crippen LogP contribution >= 0.6 is 0 Å². The van der Waals surface area contributed by atoms with Gasteiger partial charge in [0.25, 0.3) is 0 Å². The van der Waals surface area contributed by atoms with Gasteiger partial charge < -0.3 is 19.6 Å². The summed E-state index contributed by atoms with van der Waals surface area (Å²) in [5.41, 5.74) is 3.57. The van der Waals surface area contributed by atoms with Crippen LogP contribution in [0.25, 0.3) is 16.7 Å². The average molecular weight is 463 g/mol. The molecule has 0 saturated carbocycles. The van der Waals surface area contributed by atoms with Gasteiger partial charge in [-0.2, -0.15) is 5.10 Å². The normalized spacial score (nSPS) is 22.8. The van der Waals surface area contributed by atoms with Gasteiger partial charge in [0.1, 0.15) is 18.2 Å². The van der Waals surface area contributed by atoms with Crippen LogP contribution in [0.2, 0.25) is 0 Å². The maximum absolute atomic E-state index is 11.9. The number of anilines is 1. The van der Waals surface area contributed by atoms with Crippen molar-refractivity contribution < 1.29 is 14.6 Å². The van der Waals surface area contributed by atoms with Crippen molar-refractivity contribution in [1.82, 2.24) is 24.6 Å². The summed E-state index contributed by atoms with van der Waals surface area (Å²) >= 11 is 0. The van der Waals surface area contributed by atoms with E-state index in [0.717, 1.165) is 60.8 Å². The molecular formula is C25H30N6O3. The minimum atomic E-state index is -0.416. The number of likely N-dealkylation sites (tertiary alicyclic amines) is 1. The molecule has 2 bridgehead atoms. The van der Waals surface area contributed by atoms with Crippen LogP contribution in [-0.4, -0.2) is 80.7 Å². The molecule has 9 nitrogen and oxygen atoms in total. The van der Waals surface area contributed by atoms with Gasteiger partial charge in [-0.25, -0.2) is 14.6 Å². The van der Waals surface area contributed by atoms with Crippen LogP contribution in [0.15, 0.2) is 24.4 Å². The smallest absolute Gasteiger partial charge is 0.248 e. The van der Waals surface area contributed by atoms with Gasteiger partial charge in [0, 0.05) is 31.1 Å². The minimum Gasteiger partial charge on any atom is -0.387 e. The van der Waals surface area contributed by atoms with Gasteiger partial charge in [0.05, 0.1) is 30.5 Å². The molecule has 2 unspecified atom stereocenters. The summed E-state index contributed by atoms with van der Waals surface area (Å²) in [6, 6.07) is 6.87. The highest BCUT2D eigenvalue weighted by atomic mass is 16.5. The van der Waals surface area contributed by atoms with Gasteiger partial charge in [0.15, 0.2) is 5.82 Å². The Bertz CT molecular complexity index is 1250. The lowest BCUT2D eigenvalue weighted by molar-refractivity contribution is -0.135. The van der Waals surface area contributed by atoms with Gasteiger partial charge in [-0.3, -0.25) is 4.79 Å². The maximum Gasteiger partial charge on any atom is 0.248 e. The number of hydrogen-bond donors (Lipinski definition) is 1. The number of aryl methyl sites for hydroxylation is 2. The number of benzene rings is 1. The number of morpholine rings is 1. The fourth-order valence-corrected chi connectivity index (χ4v) is 5.84. The summed E-state index contributed by atoms with van der Waals surface area (Å²) in [5.74, 6) is 2.64. The quantitative estimate of drug-likeness (QED) is 0.634. The molecule has 5 heterocycles. The second-order valence-corrected chi connectivity index (χ2v) is 9.77. The molecule has 1 N–H and O–H groups in total. The third kappa shape index (κ3) is 3.63. The molecule has 3 aliphatic heterocycles. The second-order valence-electron chi connectivity index (χ2n) is 9.77. The summed E-state index contributed by atoms with van der Waals surface area (Å²) in [5, 5.41) is 14.9. The fraction of sp³-hybridized carbons (Fsp3) is 0.520. The Morgan fingerprint density at radius 1 is 1.15 bits per heavy atom. The van der Waals surface area contributed by atoms with Crippen LogP contribution < -0.4 is 4.90 Å². The van der Waals surface area contributed by atoms with E-state index in [2.05, 4.69) is 24.0 Å². The van der Waals surface area contributed by atoms with Crippen molar-refractivity contribution in [2.24, 2.45) is 0 Å². The first kappa shape index (κ1) is 21.5. The third-order valence-electron chi connectivity index (χ3n) is 7.60. The number of aliphatic hydroxyl groups excluding tert-OH is 1. The van der Waals surface area contributed by atoms with Crippen LogP contribution in [0.5, 0.6) is 0 Å². The SMILES string of the molecule is Cc1nc(N2CC3CC2CO3)cc(-n2ncc3cc(C)c(C4CCN(C(=O)CO)CC4)cc32)n1. The fourth-order valence-electron chi connectivity index (χ4n) is 5.84. The Morgan fingerprint density at radius 3 is 2.65 bits per heavy atom. The number of aliphatic hydroxyl groups is 1. The highest BCUT2D eigenvalue weighted by Gasteiger charge is 2.40. The standard InChI is InChI=1S/C25H30N6O3/c1-15-7-18-11-26-31(22(18)9-21(15)17-3-5-29(6-4-17)25(33)13-32)24-10-23(27-16(2)28-24)30-12-20-8-19(30)14-34-20/h7,9-11,17,19-20,32H,3-6,8,12-14H2,1-2H3. The van der Waals surface area contributed by atoms with Crippen LogP contribution in [-0.2, 0) is 9.53 Å². The lowest BCUT2D eigenvalue weighted by Crippen LogP contribution is -2.39. The number of rotatable bonds is 4. The van der Waals surface area contributed by atoms with Gasteiger partial charge in [-0.05, 0) is 62.3 Å². The molecule has 0 spiro atoms. The number of hydrogen-bond acceptors (Lipinski definition) is 7. The Morgan fingerprint density at radius 2 is 1.94 bits per heavy atom. The molecule has 2 atom stereocenters. The van der Waals surface area contributed by atoms with Crippen LogP contribution in [0.1, 0.15) is 42.1 Å². The topological polar surface area (TPSA) is 96.6 Å². The number of carbonyl (C=O) groups excluding carboxylic acids is 1. The predicted molar refractivity (Wildman–Crippen MR) is 127 cm³/mol. The maximum atomic E-state index is 11.9. The summed E-state index contributed by atoms with van der Waals surface area (Å²) < 4.78 is 7.69. The first-order valence-corrected chi connectivity index (χ1v) is 12.1. The number of carbonyl (C=O) groups is 1. The number of nitrogens with zero attached hydrogens (tertiary/aromatic N) is 6. The van der Waals surface area contributed by atoms with Crippen molar-refractivity contribution in [3.63, 3.8) is 0 Å². The molecule has 1 amide bonds. The highest BCUT2D eigenvalue weighted by Crippen LogP contribution is 2.35. The van der Waals surface area contributed by atoms with Crippen LogP contribution in [0.4, 0.5) is 5.82 Å². The van der Waals surface area contributed by atoms with E-state index in [-0.39, 0.29) is 5.91 Å². The monoisotopic (exact) mass is 462 g/mol. The van der Waals surface area contributed by atoms with E-state index < -0.39 is 6.61 Å². The zero-order chi connectivity index (χ0) is 23.4. The van der Waals surface area contributed by atoms with Crippen molar-refractivity contribution in [3.8, 4) is 5.82 Å². The Labute approximate surface area is 198 Å². The van der Waals surface area contributed by atoms with Gasteiger partial charge >= 0.3 is 0 Å². The summed E-state index contributed by atoms with van der Waals surface area (Å²) in [6.07, 6.45) is 5.05. The molecule has 2 aromatic heterocycles. The Hall–Kier alpha value is -3.04. The predicted octanol–water partition coefficient (Wildman–Crippen LogP) is 2.11. The summed E-state index contributed by atoms with van der Waals surface area (Å²) in [6.45, 7) is 6.66. The van der Waals surface area contributed by atoms with Gasteiger partial charge in [-0.15, -0.1) is 0 Å². The first-order valence-electron chi connectivity index (χ1n) is 12.1. The number of amides is 1. The van der Waals surface area contributed by atoms with E-state index >= 15 is 0 Å². The van der Waals surface area contributed by atoms with Crippen molar-refractivity contribution in [1.29, 1.82) is 0 Å². The molecule has 9 heteroatoms. The molecule has 3 saturated heterocycles. The van der Waals surface area contributed by atoms with E-state index in [4.69, 9.17) is 24.9 Å². The Kier molecular flexibility index (Phi) is 5.26. The largest absolute Gasteiger partial charge is 0.387 e. The number of ether oxygens (including phenoxy) is 1. The molecule has 3 aliphatic rings. The molecule has 3 fully saturated rings. The lowest BCUT2D eigenvalue weighted by Gasteiger charge is -2.32. The molecular weight excluding hydrogens is 432 g/mol. The van der Waals surface area contributed by atoms with E-state index in [9.17, 15) is 4.79 Å². The van der Waals surface area contributed by atoms with Crippen LogP contribution in [0, 0.1) is 13.8 Å². The summed E-state index contributed by atoms with van der Waals surface area (Å²) in [4.78, 5) is 25.4. The third-order valence-corrected chi connectivity index (χ3v) is 7.60. The molecule has 3 aromatic rings. The van der Waals surface area contributed by atoms with E-state index in [1.54, 1.807) is 4.90 Å². The van der Waals surface area contributed by atoms with Crippen molar-refractivity contribution >= 4 is 22.6 Å². The molecule has 0 aliphatic carbocycles. The van der Waals surface area contributed by atoms with E-state index in [0.29, 0.717) is 31.2 Å². The van der Waals surface area contributed by atoms with Crippen molar-refractivity contribution in [2.45, 2.75) is 51.2 Å². The lowest BCUT2D eigenvalue weighted by atomic mass is 9.86. The average Bonchev–Trinajstić information content (AvgIpc) is 3.58. The number of fused-ring (bicyclic) bond motifs is 3. The second kappa shape index (κ2) is 8.32. The molecule has 178 valence electrons. The van der Waals surface area contributed by atoms with Crippen LogP contribution in [0.3, 0.4) is 0 Å². The van der Waals surface area contributed by atoms with Crippen molar-refractivity contribution in [3.05, 3.63) is 41.3 Å². The summed E-state index contributed by atoms with van der Waals surface area (Å²) in [7, 11) is 0. The number of piperidine rings is 1. The zero-order valence-corrected chi connectivity index (χ0v) is 19.6. The molecule has 6 rings (SSSR count). The molecule has 1 aromatic carbocycles. The minimum absolute atomic E-state index is 0.184. The zero-order valence-electron chi connectivity index (χ0n) is 19.6. The van der Waals surface area contributed by atoms with Gasteiger partial charge in [-0.1, -0.05) is 0 Å². The Balaban J connectivity index is 1.33. The van der Waals surface area contributed by atoms with E-state index in [1.165, 1.54) is 11.1 Å². The first-order chi connectivity index (χ1) is 16.5. The number of aromatic nitrogens is 4. The highest BCUT2D eigenvalue weighted by molar-refractivity contribution is 5.82. The molecule has 0 radical (unpaired) electrons. The van der Waals surface area contributed by atoms with E-state index in [1.807, 2.05) is 23.9 Å².